The van der Waals surface area contributed by atoms with Gasteiger partial charge in [0.2, 0.25) is 11.8 Å². The van der Waals surface area contributed by atoms with Gasteiger partial charge in [0.15, 0.2) is 0 Å². The molecule has 2 aliphatic rings. The van der Waals surface area contributed by atoms with Gasteiger partial charge in [-0.25, -0.2) is 4.68 Å². The van der Waals surface area contributed by atoms with Crippen molar-refractivity contribution < 1.29 is 9.59 Å². The normalized spacial score (nSPS) is 21.1. The Balaban J connectivity index is 1.73. The molecule has 8 nitrogen and oxygen atoms in total. The van der Waals surface area contributed by atoms with Crippen molar-refractivity contribution in [2.45, 2.75) is 45.7 Å². The molecule has 2 saturated heterocycles. The average Bonchev–Trinajstić information content (AvgIpc) is 2.65. The van der Waals surface area contributed by atoms with Crippen LogP contribution in [0.2, 0.25) is 0 Å². The van der Waals surface area contributed by atoms with Gasteiger partial charge >= 0.3 is 0 Å². The molecule has 0 unspecified atom stereocenters. The topological polar surface area (TPSA) is 78.8 Å². The molecule has 0 N–H and O–H groups in total. The van der Waals surface area contributed by atoms with E-state index in [1.54, 1.807) is 29.1 Å². The number of piperazine rings is 1. The maximum atomic E-state index is 12.8. The van der Waals surface area contributed by atoms with Crippen LogP contribution < -0.4 is 10.5 Å². The van der Waals surface area contributed by atoms with Crippen molar-refractivity contribution in [1.29, 1.82) is 0 Å². The predicted octanol–water partition coefficient (Wildman–Crippen LogP) is 0.559. The zero-order chi connectivity index (χ0) is 19.6. The molecule has 0 radical (unpaired) electrons. The molecule has 0 aromatic carbocycles. The Hall–Kier alpha value is -2.38. The van der Waals surface area contributed by atoms with Gasteiger partial charge in [0, 0.05) is 39.3 Å². The standard InChI is InChI=1S/C19H29N5O3/c1-14(2)18-19(27)21(3)9-10-23(18)17(26)13-24-16(25)11-15(12-20-24)22-7-5-4-6-8-22/h11-12,14,18H,4-10,13H2,1-3H3/t18-/m1/s1. The first-order valence-corrected chi connectivity index (χ1v) is 9.75. The minimum atomic E-state index is -0.487. The second kappa shape index (κ2) is 8.10. The van der Waals surface area contributed by atoms with E-state index >= 15 is 0 Å². The molecule has 148 valence electrons. The number of amides is 2. The van der Waals surface area contributed by atoms with Gasteiger partial charge in [0.25, 0.3) is 5.56 Å². The molecule has 2 fully saturated rings. The largest absolute Gasteiger partial charge is 0.370 e. The van der Waals surface area contributed by atoms with Gasteiger partial charge in [0.1, 0.15) is 12.6 Å². The summed E-state index contributed by atoms with van der Waals surface area (Å²) in [5.74, 6) is -0.281. The fourth-order valence-electron chi connectivity index (χ4n) is 3.88. The zero-order valence-corrected chi connectivity index (χ0v) is 16.4. The van der Waals surface area contributed by atoms with E-state index in [0.717, 1.165) is 31.6 Å². The number of likely N-dealkylation sites (N-methyl/N-ethyl adjacent to an activating group) is 1. The lowest BCUT2D eigenvalue weighted by Crippen LogP contribution is -2.60. The van der Waals surface area contributed by atoms with Crippen LogP contribution >= 0.6 is 0 Å². The van der Waals surface area contributed by atoms with Crippen LogP contribution in [0.3, 0.4) is 0 Å². The lowest BCUT2D eigenvalue weighted by atomic mass is 9.98. The van der Waals surface area contributed by atoms with Gasteiger partial charge in [-0.2, -0.15) is 5.10 Å². The molecule has 8 heteroatoms. The van der Waals surface area contributed by atoms with Gasteiger partial charge in [-0.15, -0.1) is 0 Å². The number of rotatable bonds is 4. The van der Waals surface area contributed by atoms with Crippen LogP contribution in [0.1, 0.15) is 33.1 Å². The molecule has 1 aromatic heterocycles. The average molecular weight is 375 g/mol. The molecule has 3 heterocycles. The summed E-state index contributed by atoms with van der Waals surface area (Å²) in [6.45, 7) is 6.57. The second-order valence-electron chi connectivity index (χ2n) is 7.79. The monoisotopic (exact) mass is 375 g/mol. The molecule has 1 aromatic rings. The van der Waals surface area contributed by atoms with Crippen LogP contribution in [-0.2, 0) is 16.1 Å². The van der Waals surface area contributed by atoms with Gasteiger partial charge < -0.3 is 14.7 Å². The molecule has 2 aliphatic heterocycles. The molecule has 2 amide bonds. The Labute approximate surface area is 159 Å². The summed E-state index contributed by atoms with van der Waals surface area (Å²) in [6.07, 6.45) is 5.12. The highest BCUT2D eigenvalue weighted by Gasteiger charge is 2.37. The SMILES string of the molecule is CC(C)[C@@H]1C(=O)N(C)CCN1C(=O)Cn1ncc(N2CCCCC2)cc1=O. The number of carbonyl (C=O) groups excluding carboxylic acids is 2. The van der Waals surface area contributed by atoms with E-state index in [1.807, 2.05) is 13.8 Å². The number of hydrogen-bond donors (Lipinski definition) is 0. The number of piperidine rings is 1. The zero-order valence-electron chi connectivity index (χ0n) is 16.4. The van der Waals surface area contributed by atoms with Crippen molar-refractivity contribution >= 4 is 17.5 Å². The van der Waals surface area contributed by atoms with Crippen molar-refractivity contribution in [3.05, 3.63) is 22.6 Å². The van der Waals surface area contributed by atoms with Gasteiger partial charge in [-0.05, 0) is 25.2 Å². The summed E-state index contributed by atoms with van der Waals surface area (Å²) in [6, 6.07) is 1.07. The Morgan fingerprint density at radius 3 is 2.48 bits per heavy atom. The van der Waals surface area contributed by atoms with Crippen molar-refractivity contribution in [2.24, 2.45) is 5.92 Å². The Morgan fingerprint density at radius 1 is 1.15 bits per heavy atom. The first kappa shape index (κ1) is 19.4. The third-order valence-electron chi connectivity index (χ3n) is 5.45. The fourth-order valence-corrected chi connectivity index (χ4v) is 3.88. The lowest BCUT2D eigenvalue weighted by molar-refractivity contribution is -0.152. The number of nitrogens with zero attached hydrogens (tertiary/aromatic N) is 5. The first-order valence-electron chi connectivity index (χ1n) is 9.75. The van der Waals surface area contributed by atoms with Crippen molar-refractivity contribution in [1.82, 2.24) is 19.6 Å². The Bertz CT molecular complexity index is 754. The van der Waals surface area contributed by atoms with E-state index in [9.17, 15) is 14.4 Å². The maximum Gasteiger partial charge on any atom is 0.269 e. The summed E-state index contributed by atoms with van der Waals surface area (Å²) in [5.41, 5.74) is 0.534. The predicted molar refractivity (Wildman–Crippen MR) is 103 cm³/mol. The third-order valence-corrected chi connectivity index (χ3v) is 5.45. The van der Waals surface area contributed by atoms with E-state index < -0.39 is 6.04 Å². The first-order chi connectivity index (χ1) is 12.9. The van der Waals surface area contributed by atoms with E-state index in [2.05, 4.69) is 10.00 Å². The molecular weight excluding hydrogens is 346 g/mol. The maximum absolute atomic E-state index is 12.8. The summed E-state index contributed by atoms with van der Waals surface area (Å²) < 4.78 is 1.19. The highest BCUT2D eigenvalue weighted by molar-refractivity contribution is 5.88. The third kappa shape index (κ3) is 4.14. The lowest BCUT2D eigenvalue weighted by Gasteiger charge is -2.41. The molecule has 1 atom stereocenters. The van der Waals surface area contributed by atoms with Crippen molar-refractivity contribution in [3.8, 4) is 0 Å². The summed E-state index contributed by atoms with van der Waals surface area (Å²) in [5, 5.41) is 4.21. The molecule has 0 spiro atoms. The second-order valence-corrected chi connectivity index (χ2v) is 7.79. The smallest absolute Gasteiger partial charge is 0.269 e. The highest BCUT2D eigenvalue weighted by Crippen LogP contribution is 2.19. The van der Waals surface area contributed by atoms with E-state index in [-0.39, 0.29) is 29.8 Å². The van der Waals surface area contributed by atoms with Crippen LogP contribution in [0.4, 0.5) is 5.69 Å². The minimum absolute atomic E-state index is 0.00959. The fraction of sp³-hybridized carbons (Fsp3) is 0.684. The van der Waals surface area contributed by atoms with Crippen LogP contribution in [0.15, 0.2) is 17.1 Å². The Kier molecular flexibility index (Phi) is 5.82. The Morgan fingerprint density at radius 2 is 1.85 bits per heavy atom. The van der Waals surface area contributed by atoms with Gasteiger partial charge in [0.05, 0.1) is 11.9 Å². The quantitative estimate of drug-likeness (QED) is 0.768. The van der Waals surface area contributed by atoms with Gasteiger partial charge in [-0.3, -0.25) is 14.4 Å². The summed E-state index contributed by atoms with van der Waals surface area (Å²) in [7, 11) is 1.75. The van der Waals surface area contributed by atoms with E-state index in [4.69, 9.17) is 0 Å². The number of aromatic nitrogens is 2. The van der Waals surface area contributed by atoms with Crippen LogP contribution in [0.5, 0.6) is 0 Å². The van der Waals surface area contributed by atoms with Crippen molar-refractivity contribution in [2.75, 3.05) is 38.1 Å². The number of carbonyl (C=O) groups is 2. The summed E-state index contributed by atoms with van der Waals surface area (Å²) >= 11 is 0. The highest BCUT2D eigenvalue weighted by atomic mass is 16.2. The molecule has 3 rings (SSSR count). The van der Waals surface area contributed by atoms with E-state index in [1.165, 1.54) is 11.1 Å². The molecule has 0 saturated carbocycles. The molecule has 0 bridgehead atoms. The summed E-state index contributed by atoms with van der Waals surface area (Å²) in [4.78, 5) is 43.2. The number of anilines is 1. The van der Waals surface area contributed by atoms with Gasteiger partial charge in [-0.1, -0.05) is 13.8 Å². The van der Waals surface area contributed by atoms with Crippen LogP contribution in [0, 0.1) is 5.92 Å². The van der Waals surface area contributed by atoms with Crippen LogP contribution in [0.25, 0.3) is 0 Å². The van der Waals surface area contributed by atoms with Crippen molar-refractivity contribution in [3.63, 3.8) is 0 Å². The van der Waals surface area contributed by atoms with Crippen LogP contribution in [-0.4, -0.2) is 70.7 Å². The molecular formula is C19H29N5O3. The molecule has 27 heavy (non-hydrogen) atoms. The number of hydrogen-bond acceptors (Lipinski definition) is 5. The van der Waals surface area contributed by atoms with E-state index in [0.29, 0.717) is 13.1 Å². The molecule has 0 aliphatic carbocycles. The minimum Gasteiger partial charge on any atom is -0.370 e.